The van der Waals surface area contributed by atoms with Crippen LogP contribution >= 0.6 is 11.3 Å². The Morgan fingerprint density at radius 2 is 2.15 bits per heavy atom. The highest BCUT2D eigenvalue weighted by molar-refractivity contribution is 7.13. The minimum absolute atomic E-state index is 0.0322. The molecule has 2 N–H and O–H groups in total. The van der Waals surface area contributed by atoms with Gasteiger partial charge in [-0.2, -0.15) is 5.10 Å². The van der Waals surface area contributed by atoms with Gasteiger partial charge in [0.25, 0.3) is 5.91 Å². The largest absolute Gasteiger partial charge is 0.497 e. The molecule has 0 aliphatic heterocycles. The maximum absolute atomic E-state index is 12.5. The second-order valence-corrected chi connectivity index (χ2v) is 7.06. The Balaban J connectivity index is 1.68. The summed E-state index contributed by atoms with van der Waals surface area (Å²) in [7, 11) is 5.62. The molecule has 7 heteroatoms. The van der Waals surface area contributed by atoms with Crippen molar-refractivity contribution in [1.82, 2.24) is 20.4 Å². The zero-order valence-corrected chi connectivity index (χ0v) is 15.8. The van der Waals surface area contributed by atoms with Crippen LogP contribution in [0.1, 0.15) is 22.1 Å². The van der Waals surface area contributed by atoms with Gasteiger partial charge in [0.15, 0.2) is 5.69 Å². The van der Waals surface area contributed by atoms with E-state index in [-0.39, 0.29) is 11.9 Å². The molecular weight excluding hydrogens is 348 g/mol. The summed E-state index contributed by atoms with van der Waals surface area (Å²) in [6.07, 6.45) is 0. The number of benzene rings is 1. The number of carbonyl (C=O) groups excluding carboxylic acids is 1. The van der Waals surface area contributed by atoms with Crippen LogP contribution in [-0.2, 0) is 0 Å². The first-order chi connectivity index (χ1) is 12.6. The highest BCUT2D eigenvalue weighted by atomic mass is 32.1. The minimum Gasteiger partial charge on any atom is -0.497 e. The Morgan fingerprint density at radius 3 is 2.85 bits per heavy atom. The van der Waals surface area contributed by atoms with E-state index in [9.17, 15) is 4.79 Å². The molecule has 3 rings (SSSR count). The molecule has 0 aliphatic carbocycles. The van der Waals surface area contributed by atoms with E-state index in [1.807, 2.05) is 55.9 Å². The lowest BCUT2D eigenvalue weighted by molar-refractivity contribution is 0.0937. The van der Waals surface area contributed by atoms with Gasteiger partial charge in [-0.05, 0) is 49.3 Å². The summed E-state index contributed by atoms with van der Waals surface area (Å²) in [4.78, 5) is 15.6. The number of nitrogens with zero attached hydrogens (tertiary/aromatic N) is 2. The second-order valence-electron chi connectivity index (χ2n) is 6.11. The Labute approximate surface area is 156 Å². The summed E-state index contributed by atoms with van der Waals surface area (Å²) in [6.45, 7) is 0.472. The third-order valence-corrected chi connectivity index (χ3v) is 5.06. The Bertz CT molecular complexity index is 858. The van der Waals surface area contributed by atoms with E-state index in [4.69, 9.17) is 4.74 Å². The van der Waals surface area contributed by atoms with Crippen LogP contribution in [0.25, 0.3) is 10.6 Å². The number of aromatic nitrogens is 2. The third kappa shape index (κ3) is 4.12. The van der Waals surface area contributed by atoms with Crippen molar-refractivity contribution in [2.24, 2.45) is 0 Å². The molecule has 0 fully saturated rings. The molecule has 2 aromatic heterocycles. The number of ether oxygens (including phenoxy) is 1. The van der Waals surface area contributed by atoms with Gasteiger partial charge in [0.05, 0.1) is 23.7 Å². The Hall–Kier alpha value is -2.64. The molecule has 1 unspecified atom stereocenters. The fourth-order valence-corrected chi connectivity index (χ4v) is 3.42. The SMILES string of the molecule is COc1cccc(C(CNC(=O)c2cc(-c3cccs3)[nH]n2)N(C)C)c1. The fraction of sp³-hybridized carbons (Fsp3) is 0.263. The van der Waals surface area contributed by atoms with Crippen LogP contribution in [0.15, 0.2) is 47.8 Å². The number of hydrogen-bond donors (Lipinski definition) is 2. The van der Waals surface area contributed by atoms with E-state index < -0.39 is 0 Å². The number of hydrogen-bond acceptors (Lipinski definition) is 5. The molecule has 6 nitrogen and oxygen atoms in total. The molecule has 0 bridgehead atoms. The molecule has 1 aromatic carbocycles. The number of nitrogens with one attached hydrogen (secondary N) is 2. The molecule has 2 heterocycles. The molecule has 0 aliphatic rings. The standard InChI is InChI=1S/C19H22N4O2S/c1-23(2)17(13-6-4-7-14(10-13)25-3)12-20-19(24)16-11-15(21-22-16)18-8-5-9-26-18/h4-11,17H,12H2,1-3H3,(H,20,24)(H,21,22). The number of amides is 1. The Kier molecular flexibility index (Phi) is 5.70. The van der Waals surface area contributed by atoms with Crippen molar-refractivity contribution >= 4 is 17.2 Å². The van der Waals surface area contributed by atoms with Gasteiger partial charge in [0, 0.05) is 6.54 Å². The van der Waals surface area contributed by atoms with Gasteiger partial charge in [-0.15, -0.1) is 11.3 Å². The summed E-state index contributed by atoms with van der Waals surface area (Å²) in [5, 5.41) is 12.0. The van der Waals surface area contributed by atoms with Crippen LogP contribution in [0, 0.1) is 0 Å². The smallest absolute Gasteiger partial charge is 0.271 e. The predicted molar refractivity (Wildman–Crippen MR) is 104 cm³/mol. The van der Waals surface area contributed by atoms with E-state index in [2.05, 4.69) is 20.4 Å². The van der Waals surface area contributed by atoms with Gasteiger partial charge in [-0.1, -0.05) is 18.2 Å². The third-order valence-electron chi connectivity index (χ3n) is 4.16. The average Bonchev–Trinajstić information content (AvgIpc) is 3.33. The van der Waals surface area contributed by atoms with Crippen molar-refractivity contribution in [3.8, 4) is 16.3 Å². The number of methoxy groups -OCH3 is 1. The monoisotopic (exact) mass is 370 g/mol. The average molecular weight is 370 g/mol. The van der Waals surface area contributed by atoms with Crippen molar-refractivity contribution in [1.29, 1.82) is 0 Å². The zero-order chi connectivity index (χ0) is 18.5. The first kappa shape index (κ1) is 18.2. The first-order valence-corrected chi connectivity index (χ1v) is 9.14. The number of H-pyrrole nitrogens is 1. The summed E-state index contributed by atoms with van der Waals surface area (Å²) < 4.78 is 5.30. The van der Waals surface area contributed by atoms with Gasteiger partial charge in [0.2, 0.25) is 0 Å². The van der Waals surface area contributed by atoms with Crippen LogP contribution in [0.5, 0.6) is 5.75 Å². The number of thiophene rings is 1. The van der Waals surface area contributed by atoms with E-state index in [0.29, 0.717) is 12.2 Å². The van der Waals surface area contributed by atoms with Crippen molar-refractivity contribution in [2.75, 3.05) is 27.7 Å². The molecule has 136 valence electrons. The second kappa shape index (κ2) is 8.16. The number of carbonyl (C=O) groups is 1. The van der Waals surface area contributed by atoms with Crippen molar-refractivity contribution in [2.45, 2.75) is 6.04 Å². The van der Waals surface area contributed by atoms with E-state index in [0.717, 1.165) is 21.9 Å². The summed E-state index contributed by atoms with van der Waals surface area (Å²) in [5.74, 6) is 0.604. The van der Waals surface area contributed by atoms with E-state index in [1.54, 1.807) is 24.5 Å². The normalized spacial score (nSPS) is 12.2. The van der Waals surface area contributed by atoms with Crippen LogP contribution in [-0.4, -0.2) is 48.8 Å². The molecule has 0 saturated carbocycles. The minimum atomic E-state index is -0.196. The van der Waals surface area contributed by atoms with Gasteiger partial charge >= 0.3 is 0 Å². The molecule has 1 amide bonds. The maximum atomic E-state index is 12.5. The predicted octanol–water partition coefficient (Wildman–Crippen LogP) is 3.18. The van der Waals surface area contributed by atoms with Crippen LogP contribution in [0.3, 0.4) is 0 Å². The van der Waals surface area contributed by atoms with Crippen LogP contribution < -0.4 is 10.1 Å². The molecule has 0 spiro atoms. The first-order valence-electron chi connectivity index (χ1n) is 8.26. The quantitative estimate of drug-likeness (QED) is 0.670. The topological polar surface area (TPSA) is 70.2 Å². The van der Waals surface area contributed by atoms with Gasteiger partial charge in [0.1, 0.15) is 5.75 Å². The molecule has 0 radical (unpaired) electrons. The fourth-order valence-electron chi connectivity index (χ4n) is 2.72. The lowest BCUT2D eigenvalue weighted by Crippen LogP contribution is -2.34. The van der Waals surface area contributed by atoms with Gasteiger partial charge in [-0.25, -0.2) is 0 Å². The zero-order valence-electron chi connectivity index (χ0n) is 15.0. The van der Waals surface area contributed by atoms with E-state index >= 15 is 0 Å². The lowest BCUT2D eigenvalue weighted by atomic mass is 10.1. The number of likely N-dealkylation sites (N-methyl/N-ethyl adjacent to an activating group) is 1. The molecule has 0 saturated heterocycles. The van der Waals surface area contributed by atoms with Crippen LogP contribution in [0.2, 0.25) is 0 Å². The van der Waals surface area contributed by atoms with Gasteiger partial charge < -0.3 is 15.0 Å². The highest BCUT2D eigenvalue weighted by Crippen LogP contribution is 2.24. The Morgan fingerprint density at radius 1 is 1.31 bits per heavy atom. The summed E-state index contributed by atoms with van der Waals surface area (Å²) in [5.41, 5.74) is 2.31. The highest BCUT2D eigenvalue weighted by Gasteiger charge is 2.18. The van der Waals surface area contributed by atoms with Crippen LogP contribution in [0.4, 0.5) is 0 Å². The van der Waals surface area contributed by atoms with Crippen molar-refractivity contribution in [3.05, 3.63) is 59.1 Å². The van der Waals surface area contributed by atoms with Gasteiger partial charge in [-0.3, -0.25) is 9.89 Å². The maximum Gasteiger partial charge on any atom is 0.271 e. The molecule has 1 atom stereocenters. The van der Waals surface area contributed by atoms with E-state index in [1.165, 1.54) is 0 Å². The number of aromatic amines is 1. The summed E-state index contributed by atoms with van der Waals surface area (Å²) in [6, 6.07) is 13.6. The molecular formula is C19H22N4O2S. The molecule has 3 aromatic rings. The van der Waals surface area contributed by atoms with Crippen molar-refractivity contribution < 1.29 is 9.53 Å². The van der Waals surface area contributed by atoms with Crippen molar-refractivity contribution in [3.63, 3.8) is 0 Å². The lowest BCUT2D eigenvalue weighted by Gasteiger charge is -2.25. The number of rotatable bonds is 7. The summed E-state index contributed by atoms with van der Waals surface area (Å²) >= 11 is 1.60. The molecule has 26 heavy (non-hydrogen) atoms.